The topological polar surface area (TPSA) is 120 Å². The van der Waals surface area contributed by atoms with E-state index in [1.165, 1.54) is 30.0 Å². The second-order valence-electron chi connectivity index (χ2n) is 5.41. The Bertz CT molecular complexity index is 1120. The van der Waals surface area contributed by atoms with Crippen molar-refractivity contribution in [3.8, 4) is 17.5 Å². The number of nitrogens with one attached hydrogen (secondary N) is 1. The Labute approximate surface area is 153 Å². The highest BCUT2D eigenvalue weighted by molar-refractivity contribution is 5.98. The summed E-state index contributed by atoms with van der Waals surface area (Å²) in [5.41, 5.74) is -0.0267. The Morgan fingerprint density at radius 1 is 1.26 bits per heavy atom. The van der Waals surface area contributed by atoms with Gasteiger partial charge in [0.2, 0.25) is 0 Å². The smallest absolute Gasteiger partial charge is 0.356 e. The van der Waals surface area contributed by atoms with Crippen molar-refractivity contribution in [3.63, 3.8) is 0 Å². The molecule has 0 saturated heterocycles. The van der Waals surface area contributed by atoms with Crippen molar-refractivity contribution in [2.24, 2.45) is 4.99 Å². The molecular formula is C19H14N4O4. The van der Waals surface area contributed by atoms with Gasteiger partial charge < -0.3 is 9.84 Å². The van der Waals surface area contributed by atoms with Crippen molar-refractivity contribution in [2.75, 3.05) is 7.11 Å². The Balaban J connectivity index is 2.16. The van der Waals surface area contributed by atoms with Gasteiger partial charge in [-0.05, 0) is 24.3 Å². The molecule has 27 heavy (non-hydrogen) atoms. The van der Waals surface area contributed by atoms with Gasteiger partial charge in [0, 0.05) is 6.21 Å². The number of aromatic hydroxyl groups is 1. The number of benzene rings is 2. The maximum Gasteiger partial charge on any atom is 0.356 e. The summed E-state index contributed by atoms with van der Waals surface area (Å²) >= 11 is 0. The molecular weight excluding hydrogens is 348 g/mol. The third kappa shape index (κ3) is 3.34. The summed E-state index contributed by atoms with van der Waals surface area (Å²) in [5.74, 6) is -0.968. The number of hydrogen-bond donors (Lipinski definition) is 2. The lowest BCUT2D eigenvalue weighted by molar-refractivity contribution is 0.0593. The first-order chi connectivity index (χ1) is 13.1. The number of nitrogens with zero attached hydrogens (tertiary/aromatic N) is 3. The summed E-state index contributed by atoms with van der Waals surface area (Å²) in [6, 6.07) is 14.9. The van der Waals surface area contributed by atoms with E-state index in [0.717, 1.165) is 6.21 Å². The molecule has 0 aliphatic heterocycles. The van der Waals surface area contributed by atoms with E-state index in [1.54, 1.807) is 30.3 Å². The van der Waals surface area contributed by atoms with Crippen molar-refractivity contribution in [3.05, 3.63) is 75.7 Å². The minimum atomic E-state index is -0.749. The molecule has 0 amide bonds. The largest absolute Gasteiger partial charge is 0.506 e. The van der Waals surface area contributed by atoms with Crippen molar-refractivity contribution in [1.29, 1.82) is 5.26 Å². The molecule has 0 spiro atoms. The molecule has 1 aromatic heterocycles. The molecule has 0 atom stereocenters. The fraction of sp³-hybridized carbons (Fsp3) is 0.0526. The van der Waals surface area contributed by atoms with Crippen LogP contribution in [-0.4, -0.2) is 34.2 Å². The van der Waals surface area contributed by atoms with Gasteiger partial charge >= 0.3 is 5.97 Å². The van der Waals surface area contributed by atoms with E-state index in [4.69, 9.17) is 10.00 Å². The van der Waals surface area contributed by atoms with E-state index in [1.807, 2.05) is 6.07 Å². The molecule has 0 aliphatic rings. The predicted molar refractivity (Wildman–Crippen MR) is 97.8 cm³/mol. The monoisotopic (exact) mass is 362 g/mol. The lowest BCUT2D eigenvalue weighted by atomic mass is 10.2. The number of aromatic nitrogens is 2. The van der Waals surface area contributed by atoms with Gasteiger partial charge in [-0.25, -0.2) is 9.48 Å². The van der Waals surface area contributed by atoms with Gasteiger partial charge in [-0.15, -0.1) is 0 Å². The summed E-state index contributed by atoms with van der Waals surface area (Å²) in [4.78, 5) is 28.9. The summed E-state index contributed by atoms with van der Waals surface area (Å²) < 4.78 is 5.90. The molecule has 0 unspecified atom stereocenters. The van der Waals surface area contributed by atoms with Crippen LogP contribution in [0, 0.1) is 11.3 Å². The molecule has 0 fully saturated rings. The fourth-order valence-corrected chi connectivity index (χ4v) is 2.47. The molecule has 8 nitrogen and oxygen atoms in total. The van der Waals surface area contributed by atoms with Crippen LogP contribution >= 0.6 is 0 Å². The van der Waals surface area contributed by atoms with Crippen LogP contribution in [0.5, 0.6) is 5.75 Å². The number of aliphatic imine (C=N–C) groups is 1. The molecule has 134 valence electrons. The van der Waals surface area contributed by atoms with Crippen LogP contribution in [0.1, 0.15) is 21.6 Å². The van der Waals surface area contributed by atoms with Gasteiger partial charge in [-0.2, -0.15) is 5.26 Å². The number of esters is 1. The molecule has 8 heteroatoms. The first-order valence-corrected chi connectivity index (χ1v) is 7.81. The Hall–Kier alpha value is -4.12. The van der Waals surface area contributed by atoms with E-state index in [2.05, 4.69) is 10.1 Å². The second-order valence-corrected chi connectivity index (χ2v) is 5.41. The lowest BCUT2D eigenvalue weighted by Gasteiger charge is -2.00. The van der Waals surface area contributed by atoms with Gasteiger partial charge in [0.15, 0.2) is 5.69 Å². The Morgan fingerprint density at radius 3 is 2.67 bits per heavy atom. The molecule has 1 heterocycles. The van der Waals surface area contributed by atoms with Gasteiger partial charge in [0.1, 0.15) is 17.5 Å². The van der Waals surface area contributed by atoms with Crippen molar-refractivity contribution in [1.82, 2.24) is 9.78 Å². The number of nitriles is 1. The highest BCUT2D eigenvalue weighted by atomic mass is 16.5. The standard InChI is InChI=1S/C19H14N4O4/c1-27-19(26)17-14(11-21-16-12(10-20)6-5-9-15(16)24)18(25)23(22-17)13-7-3-2-4-8-13/h2-9,11,22,24H,1H3. The average molecular weight is 362 g/mol. The third-order valence-electron chi connectivity index (χ3n) is 3.79. The van der Waals surface area contributed by atoms with Crippen LogP contribution in [0.25, 0.3) is 5.69 Å². The Morgan fingerprint density at radius 2 is 2.00 bits per heavy atom. The van der Waals surface area contributed by atoms with Gasteiger partial charge in [-0.3, -0.25) is 14.9 Å². The fourth-order valence-electron chi connectivity index (χ4n) is 2.47. The number of H-pyrrole nitrogens is 1. The van der Waals surface area contributed by atoms with Crippen LogP contribution in [0.3, 0.4) is 0 Å². The highest BCUT2D eigenvalue weighted by Gasteiger charge is 2.20. The molecule has 0 aliphatic carbocycles. The maximum absolute atomic E-state index is 12.8. The minimum Gasteiger partial charge on any atom is -0.506 e. The van der Waals surface area contributed by atoms with Crippen molar-refractivity contribution in [2.45, 2.75) is 0 Å². The molecule has 0 radical (unpaired) electrons. The molecule has 2 N–H and O–H groups in total. The molecule has 0 saturated carbocycles. The number of phenolic OH excluding ortho intramolecular Hbond substituents is 1. The molecule has 0 bridgehead atoms. The van der Waals surface area contributed by atoms with E-state index < -0.39 is 11.5 Å². The Kier molecular flexibility index (Phi) is 4.86. The summed E-state index contributed by atoms with van der Waals surface area (Å²) in [6.45, 7) is 0. The number of ether oxygens (including phenoxy) is 1. The van der Waals surface area contributed by atoms with Gasteiger partial charge in [0.25, 0.3) is 5.56 Å². The zero-order valence-corrected chi connectivity index (χ0v) is 14.2. The summed E-state index contributed by atoms with van der Waals surface area (Å²) in [5, 5.41) is 21.8. The van der Waals surface area contributed by atoms with Crippen molar-refractivity contribution < 1.29 is 14.6 Å². The summed E-state index contributed by atoms with van der Waals surface area (Å²) in [7, 11) is 1.19. The number of rotatable bonds is 4. The van der Waals surface area contributed by atoms with Crippen LogP contribution in [0.15, 0.2) is 58.3 Å². The number of methoxy groups -OCH3 is 1. The number of carbonyl (C=O) groups excluding carboxylic acids is 1. The van der Waals surface area contributed by atoms with E-state index in [0.29, 0.717) is 5.69 Å². The third-order valence-corrected chi connectivity index (χ3v) is 3.79. The first-order valence-electron chi connectivity index (χ1n) is 7.81. The molecule has 3 rings (SSSR count). The summed E-state index contributed by atoms with van der Waals surface area (Å²) in [6.07, 6.45) is 1.13. The SMILES string of the molecule is COC(=O)c1[nH]n(-c2ccccc2)c(=O)c1C=Nc1c(O)cccc1C#N. The number of hydrogen-bond acceptors (Lipinski definition) is 6. The molecule has 2 aromatic carbocycles. The first kappa shape index (κ1) is 17.7. The van der Waals surface area contributed by atoms with Crippen LogP contribution in [0.2, 0.25) is 0 Å². The lowest BCUT2D eigenvalue weighted by Crippen LogP contribution is -2.17. The minimum absolute atomic E-state index is 0.00248. The number of carbonyl (C=O) groups is 1. The second kappa shape index (κ2) is 7.41. The molecule has 3 aromatic rings. The zero-order chi connectivity index (χ0) is 19.4. The quantitative estimate of drug-likeness (QED) is 0.545. The van der Waals surface area contributed by atoms with Crippen molar-refractivity contribution >= 4 is 17.9 Å². The van der Waals surface area contributed by atoms with Gasteiger partial charge in [-0.1, -0.05) is 24.3 Å². The highest BCUT2D eigenvalue weighted by Crippen LogP contribution is 2.29. The average Bonchev–Trinajstić information content (AvgIpc) is 3.03. The zero-order valence-electron chi connectivity index (χ0n) is 14.2. The van der Waals surface area contributed by atoms with Crippen LogP contribution in [0.4, 0.5) is 5.69 Å². The van der Waals surface area contributed by atoms with Gasteiger partial charge in [0.05, 0.1) is 23.9 Å². The number of aromatic amines is 1. The van der Waals surface area contributed by atoms with E-state index >= 15 is 0 Å². The number of phenols is 1. The number of para-hydroxylation sites is 2. The maximum atomic E-state index is 12.8. The predicted octanol–water partition coefficient (Wildman–Crippen LogP) is 2.28. The van der Waals surface area contributed by atoms with E-state index in [-0.39, 0.29) is 28.3 Å². The van der Waals surface area contributed by atoms with Crippen LogP contribution < -0.4 is 5.56 Å². The van der Waals surface area contributed by atoms with Crippen LogP contribution in [-0.2, 0) is 4.74 Å². The van der Waals surface area contributed by atoms with E-state index in [9.17, 15) is 14.7 Å². The normalized spacial score (nSPS) is 10.7.